The molecule has 0 fully saturated rings. The van der Waals surface area contributed by atoms with Gasteiger partial charge in [0.2, 0.25) is 0 Å². The van der Waals surface area contributed by atoms with Crippen molar-refractivity contribution in [3.8, 4) is 0 Å². The molecule has 0 heterocycles. The second-order valence-corrected chi connectivity index (χ2v) is 2.71. The third-order valence-corrected chi connectivity index (χ3v) is 1.47. The predicted molar refractivity (Wildman–Crippen MR) is 51.4 cm³/mol. The highest BCUT2D eigenvalue weighted by Gasteiger charge is 2.13. The van der Waals surface area contributed by atoms with Crippen molar-refractivity contribution in [3.05, 3.63) is 12.7 Å². The summed E-state index contributed by atoms with van der Waals surface area (Å²) in [4.78, 5) is 31.6. The summed E-state index contributed by atoms with van der Waals surface area (Å²) in [6, 6.07) is -0.835. The molecule has 0 spiro atoms. The molecule has 0 radical (unpaired) electrons. The summed E-state index contributed by atoms with van der Waals surface area (Å²) < 4.78 is 4.56. The molecule has 1 amide bonds. The van der Waals surface area contributed by atoms with E-state index in [9.17, 15) is 14.4 Å². The number of carboxylic acids is 1. The van der Waals surface area contributed by atoms with Gasteiger partial charge >= 0.3 is 12.1 Å². The molecular formula is C9H13NO5. The van der Waals surface area contributed by atoms with Crippen molar-refractivity contribution in [2.75, 3.05) is 6.61 Å². The van der Waals surface area contributed by atoms with Gasteiger partial charge in [-0.1, -0.05) is 12.7 Å². The molecule has 6 nitrogen and oxygen atoms in total. The molecule has 0 aliphatic carbocycles. The van der Waals surface area contributed by atoms with E-state index in [4.69, 9.17) is 5.11 Å². The number of aldehydes is 1. The largest absolute Gasteiger partial charge is 0.481 e. The van der Waals surface area contributed by atoms with Gasteiger partial charge < -0.3 is 20.0 Å². The molecule has 84 valence electrons. The van der Waals surface area contributed by atoms with Gasteiger partial charge in [-0.15, -0.1) is 0 Å². The fraction of sp³-hybridized carbons (Fsp3) is 0.444. The number of rotatable bonds is 7. The molecule has 1 atom stereocenters. The molecule has 0 aromatic rings. The maximum absolute atomic E-state index is 10.9. The first-order valence-electron chi connectivity index (χ1n) is 4.31. The van der Waals surface area contributed by atoms with Crippen LogP contribution in [0, 0.1) is 0 Å². The van der Waals surface area contributed by atoms with Crippen molar-refractivity contribution in [2.45, 2.75) is 18.9 Å². The molecule has 15 heavy (non-hydrogen) atoms. The lowest BCUT2D eigenvalue weighted by Crippen LogP contribution is -2.36. The quantitative estimate of drug-likeness (QED) is 0.471. The van der Waals surface area contributed by atoms with Crippen molar-refractivity contribution in [1.82, 2.24) is 5.32 Å². The average Bonchev–Trinajstić information content (AvgIpc) is 2.20. The molecule has 0 aromatic carbocycles. The van der Waals surface area contributed by atoms with Gasteiger partial charge in [-0.05, 0) is 6.42 Å². The minimum Gasteiger partial charge on any atom is -0.481 e. The maximum atomic E-state index is 10.9. The molecule has 0 aromatic heterocycles. The van der Waals surface area contributed by atoms with Crippen LogP contribution in [0.4, 0.5) is 4.79 Å². The standard InChI is InChI=1S/C9H13NO5/c1-2-5-15-9(14)10-7(6-11)3-4-8(12)13/h2,6-7H,1,3-5H2,(H,10,14)(H,12,13)/t7-/m1/s1. The van der Waals surface area contributed by atoms with Crippen LogP contribution in [0.15, 0.2) is 12.7 Å². The number of hydrogen-bond donors (Lipinski definition) is 2. The Hall–Kier alpha value is -1.85. The summed E-state index contributed by atoms with van der Waals surface area (Å²) in [7, 11) is 0. The van der Waals surface area contributed by atoms with E-state index in [1.54, 1.807) is 0 Å². The van der Waals surface area contributed by atoms with Gasteiger partial charge in [0, 0.05) is 6.42 Å². The van der Waals surface area contributed by atoms with E-state index in [0.717, 1.165) is 0 Å². The zero-order valence-electron chi connectivity index (χ0n) is 8.14. The van der Waals surface area contributed by atoms with Crippen LogP contribution in [0.2, 0.25) is 0 Å². The van der Waals surface area contributed by atoms with Crippen LogP contribution in [0.25, 0.3) is 0 Å². The maximum Gasteiger partial charge on any atom is 0.408 e. The second kappa shape index (κ2) is 7.54. The van der Waals surface area contributed by atoms with Crippen molar-refractivity contribution in [3.63, 3.8) is 0 Å². The molecule has 6 heteroatoms. The summed E-state index contributed by atoms with van der Waals surface area (Å²) in [5, 5.41) is 10.6. The summed E-state index contributed by atoms with van der Waals surface area (Å²) in [6.45, 7) is 3.38. The van der Waals surface area contributed by atoms with Gasteiger partial charge in [0.25, 0.3) is 0 Å². The van der Waals surface area contributed by atoms with Crippen molar-refractivity contribution in [2.24, 2.45) is 0 Å². The minimum absolute atomic E-state index is 0.0380. The Morgan fingerprint density at radius 2 is 2.20 bits per heavy atom. The fourth-order valence-electron chi connectivity index (χ4n) is 0.781. The number of nitrogens with one attached hydrogen (secondary N) is 1. The van der Waals surface area contributed by atoms with E-state index in [2.05, 4.69) is 16.6 Å². The van der Waals surface area contributed by atoms with E-state index < -0.39 is 18.1 Å². The molecule has 0 saturated carbocycles. The SMILES string of the molecule is C=CCOC(=O)N[C@@H](C=O)CCC(=O)O. The number of amides is 1. The second-order valence-electron chi connectivity index (χ2n) is 2.71. The van der Waals surface area contributed by atoms with E-state index in [1.165, 1.54) is 6.08 Å². The Bertz CT molecular complexity index is 251. The molecular weight excluding hydrogens is 202 g/mol. The molecule has 0 aliphatic rings. The number of carboxylic acid groups (broad SMARTS) is 1. The Labute approximate surface area is 86.9 Å². The molecule has 0 bridgehead atoms. The Balaban J connectivity index is 3.86. The van der Waals surface area contributed by atoms with Crippen LogP contribution in [0.3, 0.4) is 0 Å². The van der Waals surface area contributed by atoms with Crippen molar-refractivity contribution < 1.29 is 24.2 Å². The highest BCUT2D eigenvalue weighted by Crippen LogP contribution is 1.95. The van der Waals surface area contributed by atoms with E-state index in [-0.39, 0.29) is 19.4 Å². The third kappa shape index (κ3) is 7.24. The minimum atomic E-state index is -1.02. The number of carbonyl (C=O) groups is 3. The Morgan fingerprint density at radius 1 is 1.53 bits per heavy atom. The van der Waals surface area contributed by atoms with E-state index in [1.807, 2.05) is 0 Å². The number of aliphatic carboxylic acids is 1. The lowest BCUT2D eigenvalue weighted by molar-refractivity contribution is -0.137. The van der Waals surface area contributed by atoms with Gasteiger partial charge in [-0.2, -0.15) is 0 Å². The third-order valence-electron chi connectivity index (χ3n) is 1.47. The van der Waals surface area contributed by atoms with Crippen LogP contribution in [-0.2, 0) is 14.3 Å². The van der Waals surface area contributed by atoms with Crippen molar-refractivity contribution in [1.29, 1.82) is 0 Å². The number of carbonyl (C=O) groups excluding carboxylic acids is 2. The Kier molecular flexibility index (Phi) is 6.61. The van der Waals surface area contributed by atoms with Gasteiger partial charge in [-0.3, -0.25) is 4.79 Å². The first kappa shape index (κ1) is 13.2. The lowest BCUT2D eigenvalue weighted by atomic mass is 10.2. The van der Waals surface area contributed by atoms with Crippen LogP contribution in [0.1, 0.15) is 12.8 Å². The smallest absolute Gasteiger partial charge is 0.408 e. The first-order valence-corrected chi connectivity index (χ1v) is 4.31. The summed E-state index contributed by atoms with van der Waals surface area (Å²) in [5.74, 6) is -1.02. The van der Waals surface area contributed by atoms with E-state index >= 15 is 0 Å². The normalized spacial score (nSPS) is 11.2. The summed E-state index contributed by atoms with van der Waals surface area (Å²) in [6.07, 6.45) is 0.940. The molecule has 2 N–H and O–H groups in total. The molecule has 0 rings (SSSR count). The number of alkyl carbamates (subject to hydrolysis) is 1. The van der Waals surface area contributed by atoms with E-state index in [0.29, 0.717) is 6.29 Å². The summed E-state index contributed by atoms with van der Waals surface area (Å²) in [5.41, 5.74) is 0. The number of ether oxygens (including phenoxy) is 1. The molecule has 0 aliphatic heterocycles. The zero-order chi connectivity index (χ0) is 11.7. The topological polar surface area (TPSA) is 92.7 Å². The van der Waals surface area contributed by atoms with Gasteiger partial charge in [0.1, 0.15) is 12.9 Å². The van der Waals surface area contributed by atoms with Crippen LogP contribution in [0.5, 0.6) is 0 Å². The van der Waals surface area contributed by atoms with Crippen LogP contribution >= 0.6 is 0 Å². The highest BCUT2D eigenvalue weighted by atomic mass is 16.5. The van der Waals surface area contributed by atoms with Gasteiger partial charge in [0.05, 0.1) is 6.04 Å². The molecule has 0 saturated heterocycles. The van der Waals surface area contributed by atoms with Crippen LogP contribution < -0.4 is 5.32 Å². The predicted octanol–water partition coefficient (Wildman–Crippen LogP) is 0.331. The van der Waals surface area contributed by atoms with Crippen LogP contribution in [-0.4, -0.2) is 36.1 Å². The zero-order valence-corrected chi connectivity index (χ0v) is 8.14. The Morgan fingerprint density at radius 3 is 2.67 bits per heavy atom. The molecule has 0 unspecified atom stereocenters. The number of hydrogen-bond acceptors (Lipinski definition) is 4. The highest BCUT2D eigenvalue weighted by molar-refractivity contribution is 5.74. The monoisotopic (exact) mass is 215 g/mol. The summed E-state index contributed by atoms with van der Waals surface area (Å²) >= 11 is 0. The average molecular weight is 215 g/mol. The van der Waals surface area contributed by atoms with Gasteiger partial charge in [-0.25, -0.2) is 4.79 Å². The first-order chi connectivity index (χ1) is 7.10. The van der Waals surface area contributed by atoms with Crippen molar-refractivity contribution >= 4 is 18.3 Å². The van der Waals surface area contributed by atoms with Gasteiger partial charge in [0.15, 0.2) is 0 Å². The fourth-order valence-corrected chi connectivity index (χ4v) is 0.781. The lowest BCUT2D eigenvalue weighted by Gasteiger charge is -2.10.